The minimum absolute atomic E-state index is 0. The number of rotatable bonds is 5. The van der Waals surface area contributed by atoms with Gasteiger partial charge in [0.25, 0.3) is 0 Å². The summed E-state index contributed by atoms with van der Waals surface area (Å²) >= 11 is 0. The van der Waals surface area contributed by atoms with Crippen molar-refractivity contribution in [3.8, 4) is 5.88 Å². The Kier molecular flexibility index (Phi) is 7.80. The van der Waals surface area contributed by atoms with E-state index in [-0.39, 0.29) is 24.0 Å². The molecule has 0 saturated heterocycles. The summed E-state index contributed by atoms with van der Waals surface area (Å²) in [7, 11) is 1.59. The molecule has 0 spiro atoms. The van der Waals surface area contributed by atoms with Gasteiger partial charge in [-0.2, -0.15) is 0 Å². The van der Waals surface area contributed by atoms with E-state index >= 15 is 0 Å². The predicted molar refractivity (Wildman–Crippen MR) is 106 cm³/mol. The quantitative estimate of drug-likeness (QED) is 0.434. The third-order valence-electron chi connectivity index (χ3n) is 3.29. The summed E-state index contributed by atoms with van der Waals surface area (Å²) in [5.74, 6) is 1.41. The van der Waals surface area contributed by atoms with Crippen molar-refractivity contribution in [2.45, 2.75) is 26.3 Å². The number of guanidine groups is 1. The van der Waals surface area contributed by atoms with Gasteiger partial charge in [-0.1, -0.05) is 32.0 Å². The van der Waals surface area contributed by atoms with Crippen LogP contribution < -0.4 is 15.8 Å². The highest BCUT2D eigenvalue weighted by molar-refractivity contribution is 14.0. The molecule has 5 nitrogen and oxygen atoms in total. The molecule has 6 heteroatoms. The number of pyridine rings is 1. The third-order valence-corrected chi connectivity index (χ3v) is 3.29. The number of nitrogens with one attached hydrogen (secondary N) is 1. The van der Waals surface area contributed by atoms with E-state index in [9.17, 15) is 0 Å². The summed E-state index contributed by atoms with van der Waals surface area (Å²) in [5.41, 5.74) is 9.04. The molecule has 0 aliphatic rings. The largest absolute Gasteiger partial charge is 0.481 e. The average Bonchev–Trinajstić information content (AvgIpc) is 2.53. The molecule has 0 aliphatic carbocycles. The maximum absolute atomic E-state index is 5.95. The minimum Gasteiger partial charge on any atom is -0.481 e. The van der Waals surface area contributed by atoms with Gasteiger partial charge in [-0.05, 0) is 29.7 Å². The fourth-order valence-electron chi connectivity index (χ4n) is 2.06. The topological polar surface area (TPSA) is 72.5 Å². The zero-order chi connectivity index (χ0) is 15.9. The monoisotopic (exact) mass is 426 g/mol. The van der Waals surface area contributed by atoms with Crippen LogP contribution in [0.15, 0.2) is 47.6 Å². The van der Waals surface area contributed by atoms with Crippen molar-refractivity contribution in [3.63, 3.8) is 0 Å². The molecule has 0 saturated carbocycles. The lowest BCUT2D eigenvalue weighted by molar-refractivity contribution is 0.392. The van der Waals surface area contributed by atoms with E-state index in [2.05, 4.69) is 41.3 Å². The number of nitrogens with zero attached hydrogens (tertiary/aromatic N) is 2. The highest BCUT2D eigenvalue weighted by Gasteiger charge is 2.04. The van der Waals surface area contributed by atoms with Crippen molar-refractivity contribution in [3.05, 3.63) is 53.7 Å². The summed E-state index contributed by atoms with van der Waals surface area (Å²) in [6.45, 7) is 4.73. The number of aliphatic imine (C=N–C) groups is 1. The lowest BCUT2D eigenvalue weighted by atomic mass is 10.0. The molecule has 1 aromatic heterocycles. The number of hydrogen-bond donors (Lipinski definition) is 2. The second-order valence-corrected chi connectivity index (χ2v) is 5.28. The Labute approximate surface area is 154 Å². The molecule has 124 valence electrons. The molecule has 0 radical (unpaired) electrons. The van der Waals surface area contributed by atoms with Crippen molar-refractivity contribution in [1.82, 2.24) is 4.98 Å². The first-order chi connectivity index (χ1) is 10.6. The van der Waals surface area contributed by atoms with Crippen LogP contribution in [0.2, 0.25) is 0 Å². The van der Waals surface area contributed by atoms with E-state index in [4.69, 9.17) is 10.5 Å². The molecule has 23 heavy (non-hydrogen) atoms. The van der Waals surface area contributed by atoms with Gasteiger partial charge in [-0.15, -0.1) is 24.0 Å². The lowest BCUT2D eigenvalue weighted by Crippen LogP contribution is -2.22. The second kappa shape index (κ2) is 9.34. The molecular weight excluding hydrogens is 403 g/mol. The number of aromatic nitrogens is 1. The molecule has 0 amide bonds. The summed E-state index contributed by atoms with van der Waals surface area (Å²) in [6, 6.07) is 11.9. The standard InChI is InChI=1S/C17H22N4O.HI/c1-12(2)13-6-4-8-15(10-13)21-17(18)20-11-14-7-5-9-19-16(14)22-3;/h4-10,12H,11H2,1-3H3,(H3,18,20,21);1H. The lowest BCUT2D eigenvalue weighted by Gasteiger charge is -2.10. The van der Waals surface area contributed by atoms with Crippen LogP contribution in [0.5, 0.6) is 5.88 Å². The average molecular weight is 426 g/mol. The molecule has 0 aliphatic heterocycles. The van der Waals surface area contributed by atoms with Gasteiger partial charge < -0.3 is 15.8 Å². The molecule has 3 N–H and O–H groups in total. The molecule has 0 bridgehead atoms. The van der Waals surface area contributed by atoms with E-state index in [1.54, 1.807) is 13.3 Å². The van der Waals surface area contributed by atoms with Crippen molar-refractivity contribution in [2.75, 3.05) is 12.4 Å². The van der Waals surface area contributed by atoms with Gasteiger partial charge >= 0.3 is 0 Å². The molecule has 1 heterocycles. The van der Waals surface area contributed by atoms with Crippen LogP contribution in [-0.2, 0) is 6.54 Å². The van der Waals surface area contributed by atoms with Gasteiger partial charge in [-0.3, -0.25) is 0 Å². The number of methoxy groups -OCH3 is 1. The first kappa shape index (κ1) is 19.2. The first-order valence-electron chi connectivity index (χ1n) is 7.25. The van der Waals surface area contributed by atoms with Gasteiger partial charge in [0.2, 0.25) is 5.88 Å². The van der Waals surface area contributed by atoms with E-state index < -0.39 is 0 Å². The first-order valence-corrected chi connectivity index (χ1v) is 7.25. The van der Waals surface area contributed by atoms with Gasteiger partial charge in [0.1, 0.15) is 0 Å². The minimum atomic E-state index is 0. The van der Waals surface area contributed by atoms with Crippen LogP contribution >= 0.6 is 24.0 Å². The summed E-state index contributed by atoms with van der Waals surface area (Å²) in [5, 5.41) is 3.11. The number of ether oxygens (including phenoxy) is 1. The van der Waals surface area contributed by atoms with Crippen molar-refractivity contribution >= 4 is 35.6 Å². The van der Waals surface area contributed by atoms with Crippen LogP contribution in [-0.4, -0.2) is 18.1 Å². The predicted octanol–water partition coefficient (Wildman–Crippen LogP) is 3.76. The van der Waals surface area contributed by atoms with Crippen molar-refractivity contribution in [2.24, 2.45) is 10.7 Å². The molecule has 0 unspecified atom stereocenters. The normalized spacial score (nSPS) is 11.0. The molecule has 1 aromatic carbocycles. The van der Waals surface area contributed by atoms with Gasteiger partial charge in [0, 0.05) is 17.4 Å². The van der Waals surface area contributed by atoms with Crippen LogP contribution in [0.25, 0.3) is 0 Å². The Morgan fingerprint density at radius 3 is 2.78 bits per heavy atom. The van der Waals surface area contributed by atoms with E-state index in [1.165, 1.54) is 5.56 Å². The number of hydrogen-bond acceptors (Lipinski definition) is 3. The zero-order valence-electron chi connectivity index (χ0n) is 13.6. The molecular formula is C17H23IN4O. The van der Waals surface area contributed by atoms with Crippen molar-refractivity contribution in [1.29, 1.82) is 0 Å². The van der Waals surface area contributed by atoms with Gasteiger partial charge in [0.05, 0.1) is 13.7 Å². The van der Waals surface area contributed by atoms with Gasteiger partial charge in [-0.25, -0.2) is 9.98 Å². The highest BCUT2D eigenvalue weighted by Crippen LogP contribution is 2.18. The molecule has 2 aromatic rings. The summed E-state index contributed by atoms with van der Waals surface area (Å²) < 4.78 is 5.20. The Morgan fingerprint density at radius 2 is 2.09 bits per heavy atom. The van der Waals surface area contributed by atoms with Gasteiger partial charge in [0.15, 0.2) is 5.96 Å². The van der Waals surface area contributed by atoms with E-state index in [0.717, 1.165) is 11.3 Å². The molecule has 2 rings (SSSR count). The Balaban J connectivity index is 0.00000264. The number of halogens is 1. The van der Waals surface area contributed by atoms with Crippen LogP contribution in [0.1, 0.15) is 30.9 Å². The second-order valence-electron chi connectivity index (χ2n) is 5.28. The summed E-state index contributed by atoms with van der Waals surface area (Å²) in [4.78, 5) is 8.47. The van der Waals surface area contributed by atoms with Crippen LogP contribution in [0.4, 0.5) is 5.69 Å². The maximum Gasteiger partial charge on any atom is 0.218 e. The highest BCUT2D eigenvalue weighted by atomic mass is 127. The fourth-order valence-corrected chi connectivity index (χ4v) is 2.06. The number of nitrogens with two attached hydrogens (primary N) is 1. The van der Waals surface area contributed by atoms with Crippen LogP contribution in [0, 0.1) is 0 Å². The third kappa shape index (κ3) is 5.70. The molecule has 0 atom stereocenters. The maximum atomic E-state index is 5.95. The SMILES string of the molecule is COc1ncccc1CN=C(N)Nc1cccc(C(C)C)c1.I. The summed E-state index contributed by atoms with van der Waals surface area (Å²) in [6.07, 6.45) is 1.69. The zero-order valence-corrected chi connectivity index (χ0v) is 15.9. The molecule has 0 fully saturated rings. The van der Waals surface area contributed by atoms with E-state index in [0.29, 0.717) is 24.3 Å². The van der Waals surface area contributed by atoms with E-state index in [1.807, 2.05) is 24.3 Å². The number of anilines is 1. The Morgan fingerprint density at radius 1 is 1.30 bits per heavy atom. The van der Waals surface area contributed by atoms with Crippen molar-refractivity contribution < 1.29 is 4.74 Å². The Bertz CT molecular complexity index is 659. The fraction of sp³-hybridized carbons (Fsp3) is 0.294. The Hall–Kier alpha value is -1.83. The number of benzene rings is 1. The smallest absolute Gasteiger partial charge is 0.218 e. The van der Waals surface area contributed by atoms with Crippen LogP contribution in [0.3, 0.4) is 0 Å².